The highest BCUT2D eigenvalue weighted by Gasteiger charge is 2.19. The molecule has 0 spiro atoms. The average Bonchev–Trinajstić information content (AvgIpc) is 2.98. The molecule has 0 unspecified atom stereocenters. The van der Waals surface area contributed by atoms with Crippen molar-refractivity contribution in [1.82, 2.24) is 0 Å². The Labute approximate surface area is 163 Å². The van der Waals surface area contributed by atoms with Gasteiger partial charge in [0.2, 0.25) is 17.3 Å². The number of carbonyl (C=O) groups excluding carboxylic acids is 1. The van der Waals surface area contributed by atoms with Crippen molar-refractivity contribution in [3.8, 4) is 6.19 Å². The van der Waals surface area contributed by atoms with Crippen LogP contribution in [0.2, 0.25) is 0 Å². The highest BCUT2D eigenvalue weighted by atomic mass is 32.2. The minimum atomic E-state index is -0.258. The normalized spacial score (nSPS) is 16.3. The second-order valence-corrected chi connectivity index (χ2v) is 6.52. The molecule has 0 fully saturated rings. The summed E-state index contributed by atoms with van der Waals surface area (Å²) >= 11 is 1.22. The third kappa shape index (κ3) is 5.39. The predicted octanol–water partition coefficient (Wildman–Crippen LogP) is 3.19. The van der Waals surface area contributed by atoms with E-state index >= 15 is 0 Å². The van der Waals surface area contributed by atoms with Gasteiger partial charge in [-0.3, -0.25) is 4.79 Å². The van der Waals surface area contributed by atoms with Gasteiger partial charge in [0.15, 0.2) is 0 Å². The van der Waals surface area contributed by atoms with E-state index in [-0.39, 0.29) is 12.5 Å². The van der Waals surface area contributed by atoms with Crippen LogP contribution in [0.1, 0.15) is 20.8 Å². The van der Waals surface area contributed by atoms with E-state index in [0.29, 0.717) is 27.3 Å². The van der Waals surface area contributed by atoms with Gasteiger partial charge in [-0.2, -0.15) is 5.26 Å². The van der Waals surface area contributed by atoms with E-state index in [9.17, 15) is 4.79 Å². The van der Waals surface area contributed by atoms with E-state index in [1.165, 1.54) is 18.9 Å². The molecule has 0 radical (unpaired) electrons. The lowest BCUT2D eigenvalue weighted by atomic mass is 10.2. The third-order valence-corrected chi connectivity index (χ3v) is 4.73. The van der Waals surface area contributed by atoms with Gasteiger partial charge in [-0.25, -0.2) is 9.98 Å². The van der Waals surface area contributed by atoms with Gasteiger partial charge in [0, 0.05) is 25.9 Å². The van der Waals surface area contributed by atoms with Crippen molar-refractivity contribution in [1.29, 1.82) is 5.26 Å². The maximum absolute atomic E-state index is 12.0. The van der Waals surface area contributed by atoms with E-state index in [0.717, 1.165) is 18.8 Å². The molecule has 1 heterocycles. The van der Waals surface area contributed by atoms with Gasteiger partial charge < -0.3 is 15.0 Å². The Bertz CT molecular complexity index is 837. The van der Waals surface area contributed by atoms with Crippen LogP contribution in [0.15, 0.2) is 33.2 Å². The fourth-order valence-corrected chi connectivity index (χ4v) is 3.28. The Morgan fingerprint density at radius 3 is 2.78 bits per heavy atom. The van der Waals surface area contributed by atoms with Crippen molar-refractivity contribution < 1.29 is 9.53 Å². The zero-order chi connectivity index (χ0) is 19.8. The van der Waals surface area contributed by atoms with Crippen molar-refractivity contribution in [3.63, 3.8) is 0 Å². The summed E-state index contributed by atoms with van der Waals surface area (Å²) in [6.07, 6.45) is 1.73. The number of nitrogens with one attached hydrogen (secondary N) is 1. The first kappa shape index (κ1) is 20.6. The number of hydrogen-bond donors (Lipinski definition) is 1. The Kier molecular flexibility index (Phi) is 7.52. The number of amidine groups is 1. The summed E-state index contributed by atoms with van der Waals surface area (Å²) in [7, 11) is 1.47. The number of carbonyl (C=O) groups is 1. The molecule has 9 heteroatoms. The monoisotopic (exact) mass is 386 g/mol. The molecule has 0 saturated carbocycles. The first-order valence-electron chi connectivity index (χ1n) is 8.49. The van der Waals surface area contributed by atoms with Crippen LogP contribution < -0.4 is 10.2 Å². The SMILES string of the molecule is CCN(CC)c1ccc(N=C2SC(=NC#N)N=C2C)c(NC(=O)COC)c1. The Morgan fingerprint density at radius 1 is 1.41 bits per heavy atom. The van der Waals surface area contributed by atoms with E-state index in [1.54, 1.807) is 13.1 Å². The van der Waals surface area contributed by atoms with Gasteiger partial charge in [-0.1, -0.05) is 0 Å². The molecule has 8 nitrogen and oxygen atoms in total. The van der Waals surface area contributed by atoms with Gasteiger partial charge in [0.05, 0.1) is 17.1 Å². The molecular weight excluding hydrogens is 364 g/mol. The van der Waals surface area contributed by atoms with Gasteiger partial charge in [-0.05, 0) is 50.7 Å². The summed E-state index contributed by atoms with van der Waals surface area (Å²) in [5.74, 6) is -0.258. The Hall–Kier alpha value is -2.70. The van der Waals surface area contributed by atoms with Crippen LogP contribution >= 0.6 is 11.8 Å². The number of rotatable bonds is 7. The molecule has 1 aliphatic heterocycles. The van der Waals surface area contributed by atoms with Crippen molar-refractivity contribution in [2.45, 2.75) is 20.8 Å². The number of benzene rings is 1. The molecule has 0 aliphatic carbocycles. The minimum Gasteiger partial charge on any atom is -0.375 e. The van der Waals surface area contributed by atoms with Crippen LogP contribution in [-0.4, -0.2) is 48.6 Å². The topological polar surface area (TPSA) is 102 Å². The molecule has 27 heavy (non-hydrogen) atoms. The van der Waals surface area contributed by atoms with Crippen molar-refractivity contribution in [2.24, 2.45) is 15.0 Å². The molecule has 0 atom stereocenters. The van der Waals surface area contributed by atoms with Gasteiger partial charge in [0.25, 0.3) is 0 Å². The lowest BCUT2D eigenvalue weighted by Gasteiger charge is -2.22. The van der Waals surface area contributed by atoms with Gasteiger partial charge in [-0.15, -0.1) is 4.99 Å². The summed E-state index contributed by atoms with van der Waals surface area (Å²) in [5.41, 5.74) is 2.86. The lowest BCUT2D eigenvalue weighted by molar-refractivity contribution is -0.119. The van der Waals surface area contributed by atoms with Crippen LogP contribution in [0.3, 0.4) is 0 Å². The largest absolute Gasteiger partial charge is 0.375 e. The Morgan fingerprint density at radius 2 is 2.15 bits per heavy atom. The van der Waals surface area contributed by atoms with E-state index in [1.807, 2.05) is 18.2 Å². The number of methoxy groups -OCH3 is 1. The highest BCUT2D eigenvalue weighted by Crippen LogP contribution is 2.32. The predicted molar refractivity (Wildman–Crippen MR) is 111 cm³/mol. The number of thioether (sulfide) groups is 1. The summed E-state index contributed by atoms with van der Waals surface area (Å²) in [4.78, 5) is 26.7. The second-order valence-electron chi connectivity index (χ2n) is 5.57. The molecule has 142 valence electrons. The second kappa shape index (κ2) is 9.85. The maximum Gasteiger partial charge on any atom is 0.250 e. The number of anilines is 2. The zero-order valence-corrected chi connectivity index (χ0v) is 16.6. The summed E-state index contributed by atoms with van der Waals surface area (Å²) in [6.45, 7) is 7.62. The zero-order valence-electron chi connectivity index (χ0n) is 15.8. The van der Waals surface area contributed by atoms with Crippen LogP contribution in [0.25, 0.3) is 0 Å². The first-order valence-corrected chi connectivity index (χ1v) is 9.30. The number of ether oxygens (including phenoxy) is 1. The maximum atomic E-state index is 12.0. The molecule has 1 aromatic carbocycles. The third-order valence-electron chi connectivity index (χ3n) is 3.79. The quantitative estimate of drug-likeness (QED) is 0.725. The molecule has 1 amide bonds. The smallest absolute Gasteiger partial charge is 0.250 e. The molecule has 0 aromatic heterocycles. The van der Waals surface area contributed by atoms with Gasteiger partial charge in [0.1, 0.15) is 11.7 Å². The number of hydrogen-bond acceptors (Lipinski definition) is 7. The number of amides is 1. The number of aliphatic imine (C=N–C) groups is 3. The van der Waals surface area contributed by atoms with E-state index in [2.05, 4.69) is 39.0 Å². The highest BCUT2D eigenvalue weighted by molar-refractivity contribution is 8.28. The summed E-state index contributed by atoms with van der Waals surface area (Å²) in [6, 6.07) is 5.72. The summed E-state index contributed by atoms with van der Waals surface area (Å²) in [5, 5.41) is 12.5. The van der Waals surface area contributed by atoms with Crippen molar-refractivity contribution in [2.75, 3.05) is 37.0 Å². The van der Waals surface area contributed by atoms with Crippen LogP contribution in [-0.2, 0) is 9.53 Å². The fraction of sp³-hybridized carbons (Fsp3) is 0.389. The average molecular weight is 386 g/mol. The van der Waals surface area contributed by atoms with Crippen molar-refractivity contribution >= 4 is 50.7 Å². The minimum absolute atomic E-state index is 0.0419. The van der Waals surface area contributed by atoms with Crippen LogP contribution in [0, 0.1) is 11.5 Å². The standard InChI is InChI=1S/C18H22N6O2S/c1-5-24(6-2)13-7-8-14(15(9-13)22-16(25)10-26-4)23-17-12(3)21-18(27-17)20-11-19/h7-9H,5-6,10H2,1-4H3,(H,22,25). The Balaban J connectivity index is 2.41. The summed E-state index contributed by atoms with van der Waals surface area (Å²) < 4.78 is 4.90. The first-order chi connectivity index (χ1) is 13.0. The number of nitriles is 1. The molecule has 1 aromatic rings. The number of nitrogens with zero attached hydrogens (tertiary/aromatic N) is 5. The molecular formula is C18H22N6O2S. The van der Waals surface area contributed by atoms with Crippen molar-refractivity contribution in [3.05, 3.63) is 18.2 Å². The fourth-order valence-electron chi connectivity index (χ4n) is 2.50. The van der Waals surface area contributed by atoms with Crippen LogP contribution in [0.4, 0.5) is 17.1 Å². The van der Waals surface area contributed by atoms with Gasteiger partial charge >= 0.3 is 0 Å². The molecule has 1 aliphatic rings. The molecule has 1 N–H and O–H groups in total. The molecule has 0 bridgehead atoms. The molecule has 2 rings (SSSR count). The van der Waals surface area contributed by atoms with E-state index in [4.69, 9.17) is 10.00 Å². The molecule has 0 saturated heterocycles. The lowest BCUT2D eigenvalue weighted by Crippen LogP contribution is -2.22. The van der Waals surface area contributed by atoms with E-state index < -0.39 is 0 Å². The van der Waals surface area contributed by atoms with Crippen LogP contribution in [0.5, 0.6) is 0 Å².